The summed E-state index contributed by atoms with van der Waals surface area (Å²) in [4.78, 5) is 4.56. The van der Waals surface area contributed by atoms with E-state index < -0.39 is 0 Å². The van der Waals surface area contributed by atoms with Crippen LogP contribution in [-0.2, 0) is 4.84 Å². The number of nitrogens with zero attached hydrogens (tertiary/aromatic N) is 1. The van der Waals surface area contributed by atoms with E-state index in [9.17, 15) is 5.11 Å². The van der Waals surface area contributed by atoms with Gasteiger partial charge in [-0.2, -0.15) is 0 Å². The van der Waals surface area contributed by atoms with Crippen molar-refractivity contribution in [2.24, 2.45) is 5.16 Å². The summed E-state index contributed by atoms with van der Waals surface area (Å²) in [7, 11) is 1.47. The van der Waals surface area contributed by atoms with Crippen molar-refractivity contribution in [3.05, 3.63) is 29.3 Å². The van der Waals surface area contributed by atoms with Gasteiger partial charge in [-0.1, -0.05) is 31.1 Å². The lowest BCUT2D eigenvalue weighted by Crippen LogP contribution is -1.92. The van der Waals surface area contributed by atoms with E-state index in [-0.39, 0.29) is 5.75 Å². The molecule has 0 unspecified atom stereocenters. The zero-order valence-electron chi connectivity index (χ0n) is 8.69. The van der Waals surface area contributed by atoms with Gasteiger partial charge in [0, 0.05) is 5.56 Å². The predicted molar refractivity (Wildman–Crippen MR) is 56.8 cm³/mol. The van der Waals surface area contributed by atoms with Crippen LogP contribution >= 0.6 is 0 Å². The molecule has 1 N–H and O–H groups in total. The Morgan fingerprint density at radius 3 is 2.71 bits per heavy atom. The van der Waals surface area contributed by atoms with E-state index in [1.165, 1.54) is 13.3 Å². The highest BCUT2D eigenvalue weighted by atomic mass is 16.6. The highest BCUT2D eigenvalue weighted by molar-refractivity contribution is 5.83. The van der Waals surface area contributed by atoms with Crippen LogP contribution in [0.5, 0.6) is 5.75 Å². The Bertz CT molecular complexity index is 332. The van der Waals surface area contributed by atoms with E-state index in [0.717, 1.165) is 5.56 Å². The van der Waals surface area contributed by atoms with Crippen molar-refractivity contribution < 1.29 is 9.94 Å². The molecule has 0 bridgehead atoms. The first-order chi connectivity index (χ1) is 6.66. The molecular weight excluding hydrogens is 178 g/mol. The minimum Gasteiger partial charge on any atom is -0.507 e. The molecule has 0 heterocycles. The maximum absolute atomic E-state index is 9.84. The van der Waals surface area contributed by atoms with Gasteiger partial charge in [-0.05, 0) is 17.5 Å². The van der Waals surface area contributed by atoms with Crippen molar-refractivity contribution in [3.63, 3.8) is 0 Å². The highest BCUT2D eigenvalue weighted by Crippen LogP contribution is 2.27. The topological polar surface area (TPSA) is 41.8 Å². The largest absolute Gasteiger partial charge is 0.507 e. The van der Waals surface area contributed by atoms with Gasteiger partial charge < -0.3 is 9.94 Å². The molecule has 3 nitrogen and oxygen atoms in total. The third-order valence-electron chi connectivity index (χ3n) is 2.02. The SMILES string of the molecule is CON=Cc1cccc(C(C)C)c1O. The average molecular weight is 193 g/mol. The summed E-state index contributed by atoms with van der Waals surface area (Å²) in [6.07, 6.45) is 1.50. The fourth-order valence-electron chi connectivity index (χ4n) is 1.26. The molecule has 1 rings (SSSR count). The zero-order valence-corrected chi connectivity index (χ0v) is 8.69. The number of para-hydroxylation sites is 1. The molecule has 0 fully saturated rings. The molecule has 0 amide bonds. The lowest BCUT2D eigenvalue weighted by molar-refractivity contribution is 0.215. The number of phenols is 1. The molecular formula is C11H15NO2. The van der Waals surface area contributed by atoms with Crippen LogP contribution in [0.3, 0.4) is 0 Å². The summed E-state index contributed by atoms with van der Waals surface area (Å²) in [5, 5.41) is 13.5. The molecule has 0 atom stereocenters. The first-order valence-corrected chi connectivity index (χ1v) is 4.55. The highest BCUT2D eigenvalue weighted by Gasteiger charge is 2.08. The molecule has 0 aliphatic heterocycles. The molecule has 0 saturated carbocycles. The first-order valence-electron chi connectivity index (χ1n) is 4.55. The average Bonchev–Trinajstić information content (AvgIpc) is 2.16. The number of rotatable bonds is 3. The number of aromatic hydroxyl groups is 1. The van der Waals surface area contributed by atoms with Crippen LogP contribution in [0.15, 0.2) is 23.4 Å². The smallest absolute Gasteiger partial charge is 0.127 e. The monoisotopic (exact) mass is 193 g/mol. The second kappa shape index (κ2) is 4.65. The second-order valence-electron chi connectivity index (χ2n) is 3.36. The Labute approximate surface area is 84.0 Å². The van der Waals surface area contributed by atoms with Crippen molar-refractivity contribution in [3.8, 4) is 5.75 Å². The van der Waals surface area contributed by atoms with Gasteiger partial charge in [0.05, 0.1) is 6.21 Å². The molecule has 0 saturated heterocycles. The molecule has 1 aromatic carbocycles. The summed E-state index contributed by atoms with van der Waals surface area (Å²) in [5.74, 6) is 0.578. The quantitative estimate of drug-likeness (QED) is 0.592. The number of phenolic OH excluding ortho intramolecular Hbond substituents is 1. The van der Waals surface area contributed by atoms with E-state index >= 15 is 0 Å². The lowest BCUT2D eigenvalue weighted by Gasteiger charge is -2.09. The van der Waals surface area contributed by atoms with Crippen LogP contribution in [0.2, 0.25) is 0 Å². The summed E-state index contributed by atoms with van der Waals surface area (Å²) >= 11 is 0. The standard InChI is InChI=1S/C11H15NO2/c1-8(2)10-6-4-5-9(11(10)13)7-12-14-3/h4-8,13H,1-3H3. The molecule has 0 radical (unpaired) electrons. The van der Waals surface area contributed by atoms with Crippen LogP contribution in [0.25, 0.3) is 0 Å². The molecule has 0 aromatic heterocycles. The van der Waals surface area contributed by atoms with Crippen molar-refractivity contribution in [1.29, 1.82) is 0 Å². The van der Waals surface area contributed by atoms with Crippen LogP contribution in [0, 0.1) is 0 Å². The summed E-state index contributed by atoms with van der Waals surface area (Å²) in [6, 6.07) is 5.60. The Kier molecular flexibility index (Phi) is 3.51. The van der Waals surface area contributed by atoms with Gasteiger partial charge >= 0.3 is 0 Å². The van der Waals surface area contributed by atoms with Crippen LogP contribution in [0.1, 0.15) is 30.9 Å². The summed E-state index contributed by atoms with van der Waals surface area (Å²) in [6.45, 7) is 4.07. The molecule has 0 aliphatic rings. The van der Waals surface area contributed by atoms with Gasteiger partial charge in [0.25, 0.3) is 0 Å². The molecule has 14 heavy (non-hydrogen) atoms. The van der Waals surface area contributed by atoms with Crippen molar-refractivity contribution in [2.45, 2.75) is 19.8 Å². The number of oxime groups is 1. The number of hydrogen-bond donors (Lipinski definition) is 1. The Balaban J connectivity index is 3.07. The van der Waals surface area contributed by atoms with Gasteiger partial charge in [-0.15, -0.1) is 0 Å². The van der Waals surface area contributed by atoms with Crippen LogP contribution in [-0.4, -0.2) is 18.4 Å². The Hall–Kier alpha value is -1.51. The number of benzene rings is 1. The Morgan fingerprint density at radius 1 is 1.43 bits per heavy atom. The minimum absolute atomic E-state index is 0.281. The van der Waals surface area contributed by atoms with Crippen molar-refractivity contribution >= 4 is 6.21 Å². The fraction of sp³-hybridized carbons (Fsp3) is 0.364. The normalized spacial score (nSPS) is 11.1. The molecule has 76 valence electrons. The summed E-state index contributed by atoms with van der Waals surface area (Å²) in [5.41, 5.74) is 1.60. The third kappa shape index (κ3) is 2.25. The molecule has 3 heteroatoms. The van der Waals surface area contributed by atoms with E-state index in [4.69, 9.17) is 0 Å². The van der Waals surface area contributed by atoms with Gasteiger partial charge in [-0.3, -0.25) is 0 Å². The predicted octanol–water partition coefficient (Wildman–Crippen LogP) is 2.50. The summed E-state index contributed by atoms with van der Waals surface area (Å²) < 4.78 is 0. The number of hydrogen-bond acceptors (Lipinski definition) is 3. The lowest BCUT2D eigenvalue weighted by atomic mass is 9.99. The van der Waals surface area contributed by atoms with Gasteiger partial charge in [-0.25, -0.2) is 0 Å². The van der Waals surface area contributed by atoms with Gasteiger partial charge in [0.2, 0.25) is 0 Å². The molecule has 1 aromatic rings. The fourth-order valence-corrected chi connectivity index (χ4v) is 1.26. The minimum atomic E-state index is 0.281. The van der Waals surface area contributed by atoms with Crippen LogP contribution < -0.4 is 0 Å². The van der Waals surface area contributed by atoms with Gasteiger partial charge in [0.15, 0.2) is 0 Å². The maximum Gasteiger partial charge on any atom is 0.127 e. The second-order valence-corrected chi connectivity index (χ2v) is 3.36. The van der Waals surface area contributed by atoms with E-state index in [0.29, 0.717) is 11.5 Å². The van der Waals surface area contributed by atoms with E-state index in [2.05, 4.69) is 9.99 Å². The third-order valence-corrected chi connectivity index (χ3v) is 2.02. The zero-order chi connectivity index (χ0) is 10.6. The molecule has 0 spiro atoms. The van der Waals surface area contributed by atoms with Crippen LogP contribution in [0.4, 0.5) is 0 Å². The van der Waals surface area contributed by atoms with Gasteiger partial charge in [0.1, 0.15) is 12.9 Å². The van der Waals surface area contributed by atoms with E-state index in [1.807, 2.05) is 26.0 Å². The first kappa shape index (κ1) is 10.6. The molecule has 0 aliphatic carbocycles. The maximum atomic E-state index is 9.84. The van der Waals surface area contributed by atoms with Crippen molar-refractivity contribution in [2.75, 3.05) is 7.11 Å². The van der Waals surface area contributed by atoms with Crippen molar-refractivity contribution in [1.82, 2.24) is 0 Å². The van der Waals surface area contributed by atoms with E-state index in [1.54, 1.807) is 6.07 Å². The Morgan fingerprint density at radius 2 is 2.14 bits per heavy atom.